The number of hydrogen-bond donors (Lipinski definition) is 7. The third-order valence-electron chi connectivity index (χ3n) is 8.31. The largest absolute Gasteiger partial charge is 0.505 e. The Kier molecular flexibility index (Phi) is 14.7. The predicted molar refractivity (Wildman–Crippen MR) is 244 cm³/mol. The van der Waals surface area contributed by atoms with Crippen molar-refractivity contribution in [2.24, 2.45) is 10.2 Å². The smallest absolute Gasteiger partial charge is 0.297 e. The third kappa shape index (κ3) is 12.0. The lowest BCUT2D eigenvalue weighted by Crippen LogP contribution is -2.10. The molecule has 0 aliphatic carbocycles. The summed E-state index contributed by atoms with van der Waals surface area (Å²) in [5.41, 5.74) is -1.81. The van der Waals surface area contributed by atoms with E-state index >= 15 is 0 Å². The van der Waals surface area contributed by atoms with Gasteiger partial charge in [-0.15, -0.1) is 10.2 Å². The first-order chi connectivity index (χ1) is 31.1. The zero-order valence-electron chi connectivity index (χ0n) is 32.2. The standard InChI is InChI=1S/C33H24Cl4N14O10S5/c34-25-41-26(35)44-29(43-25)38-7-9-62-32-47-31(48-33(49-32)63-10-8-39-30-45-27(36)42-28(37)46-30)40-19-13-16(64(53,54)55)11-15-12-20(65(56,57)58)22(23(52)21(15)19)51-50-18-6-5-14-3-1-2-4-17(14)24(18)66(59,60)61/h1-6,11-13,52H,7-10H2,(H,53,54,55)(H,56,57,58)(H,59,60,61)(H,38,41,43,44)(H,39,42,45,46)(H,40,47,48,49). The van der Waals surface area contributed by atoms with Crippen LogP contribution in [-0.4, -0.2) is 113 Å². The van der Waals surface area contributed by atoms with Crippen molar-refractivity contribution in [3.8, 4) is 5.75 Å². The van der Waals surface area contributed by atoms with Crippen LogP contribution in [0.2, 0.25) is 21.1 Å². The van der Waals surface area contributed by atoms with E-state index in [2.05, 4.69) is 71.0 Å². The minimum atomic E-state index is -5.33. The number of phenols is 1. The van der Waals surface area contributed by atoms with Crippen molar-refractivity contribution >= 4 is 157 Å². The van der Waals surface area contributed by atoms with Crippen LogP contribution in [0.3, 0.4) is 0 Å². The Morgan fingerprint density at radius 3 is 1.68 bits per heavy atom. The SMILES string of the molecule is O=S(=O)(O)c1cc(Nc2nc(SCCNc3nc(Cl)nc(Cl)n3)nc(SCCNc3nc(Cl)nc(Cl)n3)n2)c2c(O)c(N=Nc3ccc4ccccc4c3S(=O)(=O)O)c(S(=O)(=O)O)cc2c1. The fourth-order valence-corrected chi connectivity index (χ4v) is 9.95. The molecule has 0 aliphatic rings. The molecule has 33 heteroatoms. The molecule has 0 saturated carbocycles. The van der Waals surface area contributed by atoms with E-state index in [0.29, 0.717) is 5.39 Å². The topological polar surface area (TPSA) is 360 Å². The Labute approximate surface area is 400 Å². The number of rotatable bonds is 17. The lowest BCUT2D eigenvalue weighted by atomic mass is 10.1. The molecular weight excluding hydrogens is 1050 g/mol. The van der Waals surface area contributed by atoms with Crippen LogP contribution in [0, 0.1) is 0 Å². The maximum Gasteiger partial charge on any atom is 0.297 e. The lowest BCUT2D eigenvalue weighted by Gasteiger charge is -2.15. The number of anilines is 4. The van der Waals surface area contributed by atoms with Gasteiger partial charge in [-0.05, 0) is 81.4 Å². The van der Waals surface area contributed by atoms with Crippen molar-refractivity contribution < 1.29 is 44.0 Å². The minimum Gasteiger partial charge on any atom is -0.505 e. The Hall–Kier alpha value is -5.18. The second-order valence-corrected chi connectivity index (χ2v) is 20.3. The summed E-state index contributed by atoms with van der Waals surface area (Å²) < 4.78 is 106. The van der Waals surface area contributed by atoms with Crippen LogP contribution in [-0.2, 0) is 30.4 Å². The third-order valence-corrected chi connectivity index (χ3v) is 13.3. The molecule has 0 saturated heterocycles. The molecule has 0 unspecified atom stereocenters. The number of hydrogen-bond acceptors (Lipinski definition) is 23. The molecule has 344 valence electrons. The number of aromatic nitrogens is 9. The number of halogens is 4. The normalized spacial score (nSPS) is 12.3. The zero-order valence-corrected chi connectivity index (χ0v) is 39.3. The highest BCUT2D eigenvalue weighted by Crippen LogP contribution is 2.46. The van der Waals surface area contributed by atoms with E-state index in [9.17, 15) is 44.0 Å². The van der Waals surface area contributed by atoms with Crippen LogP contribution >= 0.6 is 69.9 Å². The lowest BCUT2D eigenvalue weighted by molar-refractivity contribution is 0.472. The molecule has 66 heavy (non-hydrogen) atoms. The van der Waals surface area contributed by atoms with E-state index in [-0.39, 0.29) is 90.3 Å². The van der Waals surface area contributed by atoms with E-state index in [0.717, 1.165) is 47.8 Å². The summed E-state index contributed by atoms with van der Waals surface area (Å²) in [4.78, 5) is 33.8. The second kappa shape index (κ2) is 20.0. The van der Waals surface area contributed by atoms with Gasteiger partial charge in [-0.3, -0.25) is 13.7 Å². The molecule has 0 bridgehead atoms. The van der Waals surface area contributed by atoms with Crippen LogP contribution in [0.4, 0.5) is 34.9 Å². The molecule has 7 N–H and O–H groups in total. The highest BCUT2D eigenvalue weighted by Gasteiger charge is 2.27. The number of phenolic OH excluding ortho intramolecular Hbond substituents is 1. The molecule has 0 fully saturated rings. The van der Waals surface area contributed by atoms with Crippen molar-refractivity contribution in [2.45, 2.75) is 25.0 Å². The number of nitrogens with zero attached hydrogens (tertiary/aromatic N) is 11. The Morgan fingerprint density at radius 1 is 0.591 bits per heavy atom. The Balaban J connectivity index is 1.29. The first kappa shape index (κ1) is 48.7. The summed E-state index contributed by atoms with van der Waals surface area (Å²) in [6, 6.07) is 11.0. The number of thioether (sulfide) groups is 2. The van der Waals surface area contributed by atoms with Crippen LogP contribution in [0.5, 0.6) is 5.75 Å². The molecule has 7 rings (SSSR count). The minimum absolute atomic E-state index is 0.0218. The summed E-state index contributed by atoms with van der Waals surface area (Å²) in [7, 11) is -15.4. The number of benzene rings is 4. The van der Waals surface area contributed by atoms with Gasteiger partial charge < -0.3 is 21.1 Å². The van der Waals surface area contributed by atoms with Crippen molar-refractivity contribution in [3.63, 3.8) is 0 Å². The zero-order chi connectivity index (χ0) is 47.6. The van der Waals surface area contributed by atoms with Gasteiger partial charge in [-0.25, -0.2) is 0 Å². The maximum atomic E-state index is 12.8. The molecule has 3 aromatic heterocycles. The van der Waals surface area contributed by atoms with Crippen molar-refractivity contribution in [2.75, 3.05) is 40.5 Å². The second-order valence-electron chi connectivity index (χ2n) is 12.7. The van der Waals surface area contributed by atoms with Gasteiger partial charge in [0.15, 0.2) is 16.1 Å². The monoisotopic (exact) mass is 1080 g/mol. The van der Waals surface area contributed by atoms with E-state index in [1.54, 1.807) is 12.1 Å². The summed E-state index contributed by atoms with van der Waals surface area (Å²) in [6.45, 7) is 0.430. The van der Waals surface area contributed by atoms with Gasteiger partial charge in [0, 0.05) is 35.4 Å². The van der Waals surface area contributed by atoms with Crippen LogP contribution in [0.1, 0.15) is 0 Å². The molecule has 4 aromatic carbocycles. The first-order valence-corrected chi connectivity index (χ1v) is 25.5. The molecule has 7 aromatic rings. The van der Waals surface area contributed by atoms with Gasteiger partial charge in [0.05, 0.1) is 10.6 Å². The van der Waals surface area contributed by atoms with Gasteiger partial charge in [0.25, 0.3) is 30.4 Å². The molecule has 0 radical (unpaired) electrons. The number of aromatic hydroxyl groups is 1. The molecule has 24 nitrogen and oxygen atoms in total. The molecular formula is C33H24Cl4N14O10S5. The van der Waals surface area contributed by atoms with Gasteiger partial charge >= 0.3 is 0 Å². The molecule has 0 spiro atoms. The molecule has 0 amide bonds. The highest BCUT2D eigenvalue weighted by molar-refractivity contribution is 7.99. The number of fused-ring (bicyclic) bond motifs is 2. The molecule has 0 aliphatic heterocycles. The number of nitrogens with one attached hydrogen (secondary N) is 3. The summed E-state index contributed by atoms with van der Waals surface area (Å²) in [6.07, 6.45) is 0. The van der Waals surface area contributed by atoms with Crippen LogP contribution < -0.4 is 16.0 Å². The first-order valence-electron chi connectivity index (χ1n) is 17.7. The summed E-state index contributed by atoms with van der Waals surface area (Å²) in [5.74, 6) is -0.617. The summed E-state index contributed by atoms with van der Waals surface area (Å²) >= 11 is 25.7. The average Bonchev–Trinajstić information content (AvgIpc) is 3.21. The highest BCUT2D eigenvalue weighted by atomic mass is 35.5. The van der Waals surface area contributed by atoms with Gasteiger partial charge in [-0.2, -0.15) is 70.1 Å². The van der Waals surface area contributed by atoms with Crippen LogP contribution in [0.25, 0.3) is 21.5 Å². The van der Waals surface area contributed by atoms with E-state index < -0.39 is 67.6 Å². The fourth-order valence-electron chi connectivity index (χ4n) is 5.75. The maximum absolute atomic E-state index is 12.8. The average molecular weight is 1080 g/mol. The Morgan fingerprint density at radius 2 is 1.15 bits per heavy atom. The van der Waals surface area contributed by atoms with E-state index in [4.69, 9.17) is 46.4 Å². The van der Waals surface area contributed by atoms with Gasteiger partial charge in [0.2, 0.25) is 39.0 Å². The number of azo groups is 1. The van der Waals surface area contributed by atoms with Gasteiger partial charge in [-0.1, -0.05) is 53.9 Å². The van der Waals surface area contributed by atoms with Crippen molar-refractivity contribution in [1.82, 2.24) is 44.9 Å². The van der Waals surface area contributed by atoms with Gasteiger partial charge in [0.1, 0.15) is 21.2 Å². The summed E-state index contributed by atoms with van der Waals surface area (Å²) in [5, 5.41) is 27.3. The fraction of sp³-hybridized carbons (Fsp3) is 0.121. The van der Waals surface area contributed by atoms with Crippen molar-refractivity contribution in [3.05, 3.63) is 75.7 Å². The predicted octanol–water partition coefficient (Wildman–Crippen LogP) is 7.17. The van der Waals surface area contributed by atoms with E-state index in [1.807, 2.05) is 0 Å². The molecule has 0 atom stereocenters. The van der Waals surface area contributed by atoms with E-state index in [1.165, 1.54) is 18.2 Å². The van der Waals surface area contributed by atoms with Crippen molar-refractivity contribution in [1.29, 1.82) is 0 Å². The quantitative estimate of drug-likeness (QED) is 0.0205. The Bertz CT molecular complexity index is 3320. The van der Waals surface area contributed by atoms with Crippen LogP contribution in [0.15, 0.2) is 89.8 Å². The molecule has 3 heterocycles.